The number of aryl methyl sites for hydroxylation is 1. The first-order chi connectivity index (χ1) is 6.77. The molecule has 0 saturated carbocycles. The van der Waals surface area contributed by atoms with E-state index in [1.54, 1.807) is 18.6 Å². The molecule has 0 aromatic carbocycles. The van der Waals surface area contributed by atoms with Crippen molar-refractivity contribution in [3.05, 3.63) is 42.4 Å². The van der Waals surface area contributed by atoms with Crippen LogP contribution in [0.15, 0.2) is 36.8 Å². The van der Waals surface area contributed by atoms with Gasteiger partial charge < -0.3 is 5.73 Å². The van der Waals surface area contributed by atoms with Crippen molar-refractivity contribution in [1.29, 1.82) is 0 Å². The molecule has 14 heavy (non-hydrogen) atoms. The molecule has 0 aliphatic heterocycles. The summed E-state index contributed by atoms with van der Waals surface area (Å²) in [7, 11) is 0. The first-order valence-electron chi connectivity index (χ1n) is 4.40. The second-order valence-corrected chi connectivity index (χ2v) is 3.19. The maximum absolute atomic E-state index is 5.86. The van der Waals surface area contributed by atoms with Crippen LogP contribution in [0.3, 0.4) is 0 Å². The van der Waals surface area contributed by atoms with Crippen molar-refractivity contribution >= 4 is 5.69 Å². The quantitative estimate of drug-likeness (QED) is 0.739. The Bertz CT molecular complexity index is 438. The van der Waals surface area contributed by atoms with Gasteiger partial charge in [0.05, 0.1) is 11.4 Å². The first kappa shape index (κ1) is 8.69. The average Bonchev–Trinajstić information content (AvgIpc) is 2.19. The van der Waals surface area contributed by atoms with E-state index >= 15 is 0 Å². The van der Waals surface area contributed by atoms with E-state index in [2.05, 4.69) is 9.97 Å². The lowest BCUT2D eigenvalue weighted by Crippen LogP contribution is -1.94. The van der Waals surface area contributed by atoms with E-state index in [0.717, 1.165) is 16.8 Å². The van der Waals surface area contributed by atoms with Crippen LogP contribution in [-0.4, -0.2) is 9.97 Å². The molecule has 0 unspecified atom stereocenters. The van der Waals surface area contributed by atoms with Crippen LogP contribution < -0.4 is 5.73 Å². The third-order valence-electron chi connectivity index (χ3n) is 1.99. The Balaban J connectivity index is 2.53. The van der Waals surface area contributed by atoms with Gasteiger partial charge >= 0.3 is 0 Å². The minimum atomic E-state index is 0.693. The summed E-state index contributed by atoms with van der Waals surface area (Å²) in [6, 6.07) is 5.73. The van der Waals surface area contributed by atoms with Crippen LogP contribution in [0, 0.1) is 6.92 Å². The Labute approximate surface area is 82.6 Å². The van der Waals surface area contributed by atoms with Crippen molar-refractivity contribution in [3.63, 3.8) is 0 Å². The predicted octanol–water partition coefficient (Wildman–Crippen LogP) is 2.03. The second kappa shape index (κ2) is 3.46. The smallest absolute Gasteiger partial charge is 0.0946 e. The summed E-state index contributed by atoms with van der Waals surface area (Å²) in [5, 5.41) is 0. The van der Waals surface area contributed by atoms with E-state index in [1.807, 2.05) is 25.1 Å². The summed E-state index contributed by atoms with van der Waals surface area (Å²) in [4.78, 5) is 8.31. The summed E-state index contributed by atoms with van der Waals surface area (Å²) >= 11 is 0. The molecule has 3 nitrogen and oxygen atoms in total. The zero-order valence-corrected chi connectivity index (χ0v) is 7.94. The topological polar surface area (TPSA) is 51.8 Å². The maximum atomic E-state index is 5.86. The van der Waals surface area contributed by atoms with Crippen LogP contribution in [0.4, 0.5) is 5.69 Å². The minimum Gasteiger partial charge on any atom is -0.397 e. The molecule has 0 aliphatic carbocycles. The van der Waals surface area contributed by atoms with E-state index in [0.29, 0.717) is 5.69 Å². The Morgan fingerprint density at radius 1 is 1.29 bits per heavy atom. The number of anilines is 1. The van der Waals surface area contributed by atoms with E-state index in [4.69, 9.17) is 5.73 Å². The van der Waals surface area contributed by atoms with Gasteiger partial charge in [-0.05, 0) is 30.7 Å². The van der Waals surface area contributed by atoms with Gasteiger partial charge in [-0.15, -0.1) is 0 Å². The molecule has 0 saturated heterocycles. The van der Waals surface area contributed by atoms with Crippen molar-refractivity contribution in [2.45, 2.75) is 6.92 Å². The Hall–Kier alpha value is -1.90. The standard InChI is InChI=1S/C11H11N3/c1-8-5-10(12)11(14-6-8)9-3-2-4-13-7-9/h2-7H,12H2,1H3. The number of aromatic nitrogens is 2. The highest BCUT2D eigenvalue weighted by Gasteiger charge is 2.03. The van der Waals surface area contributed by atoms with Gasteiger partial charge in [-0.2, -0.15) is 0 Å². The van der Waals surface area contributed by atoms with Crippen molar-refractivity contribution < 1.29 is 0 Å². The number of nitrogen functional groups attached to an aromatic ring is 1. The molecule has 0 radical (unpaired) electrons. The summed E-state index contributed by atoms with van der Waals surface area (Å²) in [5.41, 5.74) is 9.36. The van der Waals surface area contributed by atoms with Crippen molar-refractivity contribution in [1.82, 2.24) is 9.97 Å². The molecule has 3 heteroatoms. The molecular formula is C11H11N3. The summed E-state index contributed by atoms with van der Waals surface area (Å²) in [6.45, 7) is 1.97. The van der Waals surface area contributed by atoms with Crippen LogP contribution in [0.1, 0.15) is 5.56 Å². The Morgan fingerprint density at radius 3 is 2.79 bits per heavy atom. The lowest BCUT2D eigenvalue weighted by molar-refractivity contribution is 1.25. The third-order valence-corrected chi connectivity index (χ3v) is 1.99. The van der Waals surface area contributed by atoms with Gasteiger partial charge in [0.2, 0.25) is 0 Å². The average molecular weight is 185 g/mol. The van der Waals surface area contributed by atoms with Crippen molar-refractivity contribution in [2.75, 3.05) is 5.73 Å². The molecule has 0 spiro atoms. The number of pyridine rings is 2. The van der Waals surface area contributed by atoms with E-state index < -0.39 is 0 Å². The number of hydrogen-bond donors (Lipinski definition) is 1. The highest BCUT2D eigenvalue weighted by molar-refractivity contribution is 5.71. The van der Waals surface area contributed by atoms with Gasteiger partial charge in [0.25, 0.3) is 0 Å². The van der Waals surface area contributed by atoms with Gasteiger partial charge in [-0.1, -0.05) is 0 Å². The minimum absolute atomic E-state index is 0.693. The zero-order valence-electron chi connectivity index (χ0n) is 7.94. The molecular weight excluding hydrogens is 174 g/mol. The van der Waals surface area contributed by atoms with Gasteiger partial charge in [-0.25, -0.2) is 0 Å². The SMILES string of the molecule is Cc1cnc(-c2cccnc2)c(N)c1. The van der Waals surface area contributed by atoms with E-state index in [1.165, 1.54) is 0 Å². The molecule has 2 aromatic rings. The molecule has 0 amide bonds. The summed E-state index contributed by atoms with van der Waals surface area (Å²) in [6.07, 6.45) is 5.29. The monoisotopic (exact) mass is 185 g/mol. The molecule has 2 heterocycles. The summed E-state index contributed by atoms with van der Waals surface area (Å²) in [5.74, 6) is 0. The lowest BCUT2D eigenvalue weighted by Gasteiger charge is -2.04. The number of rotatable bonds is 1. The maximum Gasteiger partial charge on any atom is 0.0946 e. The molecule has 0 aliphatic rings. The largest absolute Gasteiger partial charge is 0.397 e. The van der Waals surface area contributed by atoms with Gasteiger partial charge in [-0.3, -0.25) is 9.97 Å². The van der Waals surface area contributed by atoms with Gasteiger partial charge in [0, 0.05) is 24.2 Å². The third kappa shape index (κ3) is 1.57. The van der Waals surface area contributed by atoms with Crippen LogP contribution >= 0.6 is 0 Å². The van der Waals surface area contributed by atoms with Crippen molar-refractivity contribution in [2.24, 2.45) is 0 Å². The molecule has 0 fully saturated rings. The summed E-state index contributed by atoms with van der Waals surface area (Å²) < 4.78 is 0. The molecule has 0 atom stereocenters. The fourth-order valence-corrected chi connectivity index (χ4v) is 1.34. The molecule has 2 aromatic heterocycles. The Kier molecular flexibility index (Phi) is 2.14. The van der Waals surface area contributed by atoms with Crippen LogP contribution in [0.5, 0.6) is 0 Å². The second-order valence-electron chi connectivity index (χ2n) is 3.19. The fraction of sp³-hybridized carbons (Fsp3) is 0.0909. The van der Waals surface area contributed by atoms with Crippen LogP contribution in [-0.2, 0) is 0 Å². The van der Waals surface area contributed by atoms with E-state index in [9.17, 15) is 0 Å². The fourth-order valence-electron chi connectivity index (χ4n) is 1.34. The first-order valence-corrected chi connectivity index (χ1v) is 4.40. The van der Waals surface area contributed by atoms with Gasteiger partial charge in [0.1, 0.15) is 0 Å². The number of nitrogens with two attached hydrogens (primary N) is 1. The van der Waals surface area contributed by atoms with E-state index in [-0.39, 0.29) is 0 Å². The number of nitrogens with zero attached hydrogens (tertiary/aromatic N) is 2. The Morgan fingerprint density at radius 2 is 2.14 bits per heavy atom. The normalized spacial score (nSPS) is 10.1. The molecule has 70 valence electrons. The van der Waals surface area contributed by atoms with Crippen LogP contribution in [0.25, 0.3) is 11.3 Å². The number of hydrogen-bond acceptors (Lipinski definition) is 3. The molecule has 2 rings (SSSR count). The lowest BCUT2D eigenvalue weighted by atomic mass is 10.1. The van der Waals surface area contributed by atoms with Crippen LogP contribution in [0.2, 0.25) is 0 Å². The van der Waals surface area contributed by atoms with Gasteiger partial charge in [0.15, 0.2) is 0 Å². The molecule has 0 bridgehead atoms. The highest BCUT2D eigenvalue weighted by Crippen LogP contribution is 2.22. The van der Waals surface area contributed by atoms with Crippen molar-refractivity contribution in [3.8, 4) is 11.3 Å². The predicted molar refractivity (Wildman–Crippen MR) is 56.6 cm³/mol. The zero-order chi connectivity index (χ0) is 9.97. The highest BCUT2D eigenvalue weighted by atomic mass is 14.7. The molecule has 2 N–H and O–H groups in total.